The highest BCUT2D eigenvalue weighted by Crippen LogP contribution is 2.33. The normalized spacial score (nSPS) is 12.7. The van der Waals surface area contributed by atoms with Crippen LogP contribution < -0.4 is 5.73 Å². The molecule has 0 bridgehead atoms. The number of nitrogens with two attached hydrogens (primary N) is 1. The van der Waals surface area contributed by atoms with E-state index in [4.69, 9.17) is 28.9 Å². The largest absolute Gasteiger partial charge is 0.323 e. The van der Waals surface area contributed by atoms with Crippen LogP contribution in [-0.2, 0) is 6.42 Å². The average Bonchev–Trinajstić information content (AvgIpc) is 2.70. The highest BCUT2D eigenvalue weighted by molar-refractivity contribution is 9.10. The van der Waals surface area contributed by atoms with Gasteiger partial charge < -0.3 is 5.73 Å². The first-order chi connectivity index (χ1) is 8.09. The maximum atomic E-state index is 6.17. The van der Waals surface area contributed by atoms with Gasteiger partial charge in [-0.1, -0.05) is 29.3 Å². The molecule has 1 unspecified atom stereocenters. The fraction of sp³-hybridized carbons (Fsp3) is 0.167. The van der Waals surface area contributed by atoms with E-state index in [-0.39, 0.29) is 6.04 Å². The maximum absolute atomic E-state index is 6.17. The summed E-state index contributed by atoms with van der Waals surface area (Å²) in [6.07, 6.45) is 0.637. The van der Waals surface area contributed by atoms with Crippen molar-refractivity contribution in [1.29, 1.82) is 0 Å². The Bertz CT molecular complexity index is 507. The van der Waals surface area contributed by atoms with Gasteiger partial charge in [0.1, 0.15) is 0 Å². The molecule has 0 spiro atoms. The summed E-state index contributed by atoms with van der Waals surface area (Å²) >= 11 is 17.4. The number of halogens is 3. The molecule has 2 N–H and O–H groups in total. The minimum absolute atomic E-state index is 0.0956. The van der Waals surface area contributed by atoms with Gasteiger partial charge in [0, 0.05) is 25.4 Å². The molecule has 2 aromatic rings. The highest BCUT2D eigenvalue weighted by Gasteiger charge is 2.15. The van der Waals surface area contributed by atoms with Crippen LogP contribution in [0.1, 0.15) is 16.5 Å². The molecule has 1 aromatic carbocycles. The lowest BCUT2D eigenvalue weighted by Crippen LogP contribution is -2.12. The smallest absolute Gasteiger partial charge is 0.0453 e. The Morgan fingerprint density at radius 3 is 2.41 bits per heavy atom. The number of thiophene rings is 1. The van der Waals surface area contributed by atoms with Gasteiger partial charge in [-0.25, -0.2) is 0 Å². The Kier molecular flexibility index (Phi) is 4.50. The molecule has 1 atom stereocenters. The van der Waals surface area contributed by atoms with Crippen LogP contribution in [0.15, 0.2) is 34.1 Å². The predicted molar refractivity (Wildman–Crippen MR) is 79.1 cm³/mol. The lowest BCUT2D eigenvalue weighted by atomic mass is 10.1. The van der Waals surface area contributed by atoms with Crippen LogP contribution in [0.2, 0.25) is 10.0 Å². The van der Waals surface area contributed by atoms with Gasteiger partial charge in [0.05, 0.1) is 0 Å². The Labute approximate surface area is 123 Å². The monoisotopic (exact) mass is 349 g/mol. The van der Waals surface area contributed by atoms with Crippen molar-refractivity contribution in [2.24, 2.45) is 5.73 Å². The number of hydrogen-bond donors (Lipinski definition) is 1. The predicted octanol–water partition coefficient (Wildman–Crippen LogP) is 5.06. The zero-order chi connectivity index (χ0) is 12.4. The van der Waals surface area contributed by atoms with Crippen molar-refractivity contribution < 1.29 is 0 Å². The molecular weight excluding hydrogens is 341 g/mol. The van der Waals surface area contributed by atoms with Crippen molar-refractivity contribution in [3.8, 4) is 0 Å². The molecule has 5 heteroatoms. The fourth-order valence-electron chi connectivity index (χ4n) is 1.61. The van der Waals surface area contributed by atoms with E-state index in [0.717, 1.165) is 14.9 Å². The summed E-state index contributed by atoms with van der Waals surface area (Å²) in [7, 11) is 0. The van der Waals surface area contributed by atoms with Gasteiger partial charge >= 0.3 is 0 Å². The minimum atomic E-state index is -0.0956. The van der Waals surface area contributed by atoms with Crippen LogP contribution in [0.4, 0.5) is 0 Å². The lowest BCUT2D eigenvalue weighted by molar-refractivity contribution is 0.734. The summed E-state index contributed by atoms with van der Waals surface area (Å²) in [6, 6.07) is 7.40. The maximum Gasteiger partial charge on any atom is 0.0453 e. The van der Waals surface area contributed by atoms with E-state index >= 15 is 0 Å². The molecule has 0 fully saturated rings. The number of benzene rings is 1. The van der Waals surface area contributed by atoms with E-state index in [1.54, 1.807) is 11.3 Å². The molecule has 17 heavy (non-hydrogen) atoms. The molecule has 0 aliphatic heterocycles. The van der Waals surface area contributed by atoms with E-state index in [1.165, 1.54) is 0 Å². The van der Waals surface area contributed by atoms with E-state index < -0.39 is 0 Å². The first-order valence-corrected chi connectivity index (χ1v) is 7.44. The Morgan fingerprint density at radius 2 is 1.88 bits per heavy atom. The van der Waals surface area contributed by atoms with Crippen molar-refractivity contribution in [2.75, 3.05) is 0 Å². The van der Waals surface area contributed by atoms with Gasteiger partial charge in [-0.2, -0.15) is 0 Å². The van der Waals surface area contributed by atoms with Crippen LogP contribution in [-0.4, -0.2) is 0 Å². The summed E-state index contributed by atoms with van der Waals surface area (Å²) < 4.78 is 1.04. The van der Waals surface area contributed by atoms with Gasteiger partial charge in [-0.15, -0.1) is 11.3 Å². The SMILES string of the molecule is NC(Cc1c(Cl)cccc1Cl)c1sccc1Br. The lowest BCUT2D eigenvalue weighted by Gasteiger charge is -2.13. The van der Waals surface area contributed by atoms with E-state index in [9.17, 15) is 0 Å². The first kappa shape index (κ1) is 13.4. The van der Waals surface area contributed by atoms with Crippen molar-refractivity contribution in [1.82, 2.24) is 0 Å². The topological polar surface area (TPSA) is 26.0 Å². The average molecular weight is 351 g/mol. The zero-order valence-electron chi connectivity index (χ0n) is 8.79. The summed E-state index contributed by atoms with van der Waals surface area (Å²) in [4.78, 5) is 1.11. The third kappa shape index (κ3) is 3.04. The summed E-state index contributed by atoms with van der Waals surface area (Å²) in [5.74, 6) is 0. The van der Waals surface area contributed by atoms with Gasteiger partial charge in [-0.05, 0) is 51.5 Å². The van der Waals surface area contributed by atoms with Crippen LogP contribution in [0, 0.1) is 0 Å². The van der Waals surface area contributed by atoms with E-state index in [0.29, 0.717) is 16.5 Å². The summed E-state index contributed by atoms with van der Waals surface area (Å²) in [5, 5.41) is 3.34. The molecular formula is C12H10BrCl2NS. The Balaban J connectivity index is 2.25. The molecule has 0 amide bonds. The molecule has 90 valence electrons. The zero-order valence-corrected chi connectivity index (χ0v) is 12.7. The van der Waals surface area contributed by atoms with Crippen molar-refractivity contribution in [3.05, 3.63) is 54.6 Å². The molecule has 0 aliphatic rings. The van der Waals surface area contributed by atoms with E-state index in [2.05, 4.69) is 15.9 Å². The third-order valence-electron chi connectivity index (χ3n) is 2.47. The van der Waals surface area contributed by atoms with Crippen LogP contribution in [0.25, 0.3) is 0 Å². The molecule has 1 heterocycles. The Hall–Kier alpha value is -0.0600. The van der Waals surface area contributed by atoms with Crippen molar-refractivity contribution >= 4 is 50.5 Å². The first-order valence-electron chi connectivity index (χ1n) is 5.01. The molecule has 2 rings (SSSR count). The second-order valence-electron chi connectivity index (χ2n) is 3.64. The molecule has 0 radical (unpaired) electrons. The van der Waals surface area contributed by atoms with Crippen molar-refractivity contribution in [2.45, 2.75) is 12.5 Å². The molecule has 1 aromatic heterocycles. The van der Waals surface area contributed by atoms with E-state index in [1.807, 2.05) is 29.6 Å². The fourth-order valence-corrected chi connectivity index (χ4v) is 3.83. The molecule has 0 saturated carbocycles. The second kappa shape index (κ2) is 5.72. The van der Waals surface area contributed by atoms with Crippen LogP contribution in [0.5, 0.6) is 0 Å². The summed E-state index contributed by atoms with van der Waals surface area (Å²) in [6.45, 7) is 0. The minimum Gasteiger partial charge on any atom is -0.323 e. The van der Waals surface area contributed by atoms with Crippen LogP contribution >= 0.6 is 50.5 Å². The van der Waals surface area contributed by atoms with Gasteiger partial charge in [-0.3, -0.25) is 0 Å². The number of hydrogen-bond acceptors (Lipinski definition) is 2. The molecule has 0 aliphatic carbocycles. The molecule has 0 saturated heterocycles. The third-order valence-corrected chi connectivity index (χ3v) is 5.18. The standard InChI is InChI=1S/C12H10BrCl2NS/c13-8-4-5-17-12(8)11(16)6-7-9(14)2-1-3-10(7)15/h1-5,11H,6,16H2. The van der Waals surface area contributed by atoms with Gasteiger partial charge in [0.25, 0.3) is 0 Å². The Morgan fingerprint density at radius 1 is 1.24 bits per heavy atom. The second-order valence-corrected chi connectivity index (χ2v) is 6.26. The number of rotatable bonds is 3. The quantitative estimate of drug-likeness (QED) is 0.822. The van der Waals surface area contributed by atoms with Gasteiger partial charge in [0.2, 0.25) is 0 Å². The molecule has 1 nitrogen and oxygen atoms in total. The summed E-state index contributed by atoms with van der Waals surface area (Å²) in [5.41, 5.74) is 7.08. The van der Waals surface area contributed by atoms with Crippen LogP contribution in [0.3, 0.4) is 0 Å². The van der Waals surface area contributed by atoms with Gasteiger partial charge in [0.15, 0.2) is 0 Å². The highest BCUT2D eigenvalue weighted by atomic mass is 79.9. The van der Waals surface area contributed by atoms with Crippen molar-refractivity contribution in [3.63, 3.8) is 0 Å².